The van der Waals surface area contributed by atoms with Gasteiger partial charge in [0, 0.05) is 36.8 Å². The van der Waals surface area contributed by atoms with Crippen LogP contribution >= 0.6 is 21.6 Å². The number of rotatable bonds is 81. The monoisotopic (exact) mass is 1470 g/mol. The average molecular weight is 1470 g/mol. The molecule has 578 valence electrons. The van der Waals surface area contributed by atoms with Gasteiger partial charge in [-0.1, -0.05) is 16.9 Å². The SMILES string of the molecule is CC(C)(CC(=O)NCCOCCOCCOCCOCCOCCOCCOCCOCCOCCOCCOCCOCCOCCOCCOCCOCCOCCOCCOCCOCCOCCOCCOCCOCCC(=O)ON1C(=O)CCC1=O)SSc1ccccn1. The van der Waals surface area contributed by atoms with Gasteiger partial charge in [0.1, 0.15) is 5.03 Å². The van der Waals surface area contributed by atoms with Crippen LogP contribution in [0.15, 0.2) is 29.4 Å². The van der Waals surface area contributed by atoms with Gasteiger partial charge in [-0.3, -0.25) is 14.4 Å². The van der Waals surface area contributed by atoms with Crippen molar-refractivity contribution < 1.29 is 138 Å². The van der Waals surface area contributed by atoms with Crippen LogP contribution in [-0.2, 0) is 138 Å². The normalized spacial score (nSPS) is 12.6. The summed E-state index contributed by atoms with van der Waals surface area (Å²) in [7, 11) is 3.21. The Kier molecular flexibility index (Phi) is 68.1. The number of amides is 3. The predicted octanol–water partition coefficient (Wildman–Crippen LogP) is 2.50. The molecule has 0 aromatic carbocycles. The summed E-state index contributed by atoms with van der Waals surface area (Å²) in [6, 6.07) is 5.79. The Morgan fingerprint density at radius 1 is 0.364 bits per heavy atom. The number of nitrogens with zero attached hydrogens (tertiary/aromatic N) is 2. The van der Waals surface area contributed by atoms with E-state index in [1.807, 2.05) is 32.0 Å². The zero-order valence-electron chi connectivity index (χ0n) is 58.8. The highest BCUT2D eigenvalue weighted by molar-refractivity contribution is 8.77. The standard InChI is InChI=1S/C65H117N3O29S2/c1-65(2,99-98-61-5-3-4-9-67-61)59-60(69)66-10-12-74-14-16-76-18-20-78-22-24-80-26-28-82-30-32-84-34-36-86-38-40-88-42-44-90-46-48-92-50-52-94-54-56-96-58-57-95-55-53-93-51-49-91-47-45-89-43-41-87-39-37-85-35-33-83-31-29-81-27-25-79-23-21-77-19-17-75-15-13-73-11-8-64(72)97-68-62(70)6-7-63(68)71/h3-5,9H,6-8,10-59H2,1-2H3,(H,66,69). The molecule has 0 radical (unpaired) electrons. The molecule has 0 spiro atoms. The molecular formula is C65H117N3O29S2. The highest BCUT2D eigenvalue weighted by Gasteiger charge is 2.32. The lowest BCUT2D eigenvalue weighted by atomic mass is 10.1. The van der Waals surface area contributed by atoms with E-state index in [2.05, 4.69) is 10.3 Å². The van der Waals surface area contributed by atoms with E-state index in [1.165, 1.54) is 0 Å². The van der Waals surface area contributed by atoms with Gasteiger partial charge in [-0.05, 0) is 36.8 Å². The highest BCUT2D eigenvalue weighted by atomic mass is 33.1. The molecule has 32 nitrogen and oxygen atoms in total. The summed E-state index contributed by atoms with van der Waals surface area (Å²) in [6.07, 6.45) is 2.18. The minimum absolute atomic E-state index is 0.00553. The van der Waals surface area contributed by atoms with Crippen molar-refractivity contribution in [2.75, 3.05) is 324 Å². The van der Waals surface area contributed by atoms with E-state index in [1.54, 1.807) is 27.8 Å². The van der Waals surface area contributed by atoms with E-state index < -0.39 is 17.8 Å². The van der Waals surface area contributed by atoms with Gasteiger partial charge in [0.25, 0.3) is 11.8 Å². The largest absolute Gasteiger partial charge is 0.378 e. The van der Waals surface area contributed by atoms with Crippen molar-refractivity contribution in [1.82, 2.24) is 15.4 Å². The van der Waals surface area contributed by atoms with Gasteiger partial charge in [0.05, 0.1) is 324 Å². The number of ether oxygens (including phenoxy) is 24. The number of carbonyl (C=O) groups is 4. The van der Waals surface area contributed by atoms with Crippen molar-refractivity contribution in [3.63, 3.8) is 0 Å². The fourth-order valence-electron chi connectivity index (χ4n) is 7.41. The summed E-state index contributed by atoms with van der Waals surface area (Å²) in [5.74, 6) is -1.74. The number of pyridine rings is 1. The van der Waals surface area contributed by atoms with Crippen LogP contribution in [0.5, 0.6) is 0 Å². The molecule has 1 aliphatic heterocycles. The van der Waals surface area contributed by atoms with Gasteiger partial charge in [0.2, 0.25) is 5.91 Å². The number of imide groups is 1. The van der Waals surface area contributed by atoms with Crippen LogP contribution in [0.25, 0.3) is 0 Å². The molecule has 3 amide bonds. The van der Waals surface area contributed by atoms with Crippen molar-refractivity contribution in [3.05, 3.63) is 24.4 Å². The van der Waals surface area contributed by atoms with Crippen LogP contribution in [0, 0.1) is 0 Å². The van der Waals surface area contributed by atoms with Gasteiger partial charge >= 0.3 is 5.97 Å². The number of hydrogen-bond acceptors (Lipinski definition) is 32. The maximum Gasteiger partial charge on any atom is 0.335 e. The zero-order chi connectivity index (χ0) is 70.8. The Labute approximate surface area is 593 Å². The van der Waals surface area contributed by atoms with E-state index in [4.69, 9.17) is 119 Å². The minimum atomic E-state index is -0.706. The third-order valence-corrected chi connectivity index (χ3v) is 15.6. The fourth-order valence-corrected chi connectivity index (χ4v) is 9.56. The molecule has 1 fully saturated rings. The molecule has 0 saturated carbocycles. The van der Waals surface area contributed by atoms with Crippen LogP contribution in [0.4, 0.5) is 0 Å². The van der Waals surface area contributed by atoms with E-state index in [-0.39, 0.29) is 43.1 Å². The molecule has 1 aromatic rings. The first-order valence-electron chi connectivity index (χ1n) is 34.2. The number of carbonyl (C=O) groups excluding carboxylic acids is 4. The van der Waals surface area contributed by atoms with Crippen LogP contribution in [0.1, 0.15) is 39.5 Å². The Balaban J connectivity index is 1.10. The lowest BCUT2D eigenvalue weighted by Crippen LogP contribution is -2.32. The maximum atomic E-state index is 12.3. The molecule has 1 saturated heterocycles. The second-order valence-electron chi connectivity index (χ2n) is 21.1. The van der Waals surface area contributed by atoms with E-state index in [9.17, 15) is 19.2 Å². The Bertz CT molecular complexity index is 1930. The van der Waals surface area contributed by atoms with Crippen molar-refractivity contribution >= 4 is 45.3 Å². The first kappa shape index (κ1) is 92.1. The lowest BCUT2D eigenvalue weighted by molar-refractivity contribution is -0.198. The molecule has 99 heavy (non-hydrogen) atoms. The third kappa shape index (κ3) is 66.7. The van der Waals surface area contributed by atoms with Crippen molar-refractivity contribution in [2.24, 2.45) is 0 Å². The first-order valence-corrected chi connectivity index (χ1v) is 36.4. The van der Waals surface area contributed by atoms with E-state index in [0.29, 0.717) is 322 Å². The highest BCUT2D eigenvalue weighted by Crippen LogP contribution is 2.41. The topological polar surface area (TPSA) is 327 Å². The van der Waals surface area contributed by atoms with Gasteiger partial charge in [-0.2, -0.15) is 0 Å². The molecule has 0 atom stereocenters. The number of hydroxylamine groups is 2. The lowest BCUT2D eigenvalue weighted by Gasteiger charge is -2.22. The van der Waals surface area contributed by atoms with Crippen LogP contribution in [-0.4, -0.2) is 362 Å². The molecule has 1 N–H and O–H groups in total. The number of hydrogen-bond donors (Lipinski definition) is 1. The predicted molar refractivity (Wildman–Crippen MR) is 361 cm³/mol. The quantitative estimate of drug-likeness (QED) is 0.0556. The average Bonchev–Trinajstić information content (AvgIpc) is 1.84. The summed E-state index contributed by atoms with van der Waals surface area (Å²) in [6.45, 7) is 26.0. The summed E-state index contributed by atoms with van der Waals surface area (Å²) >= 11 is 0. The molecule has 2 heterocycles. The molecule has 34 heteroatoms. The molecular weight excluding hydrogens is 1350 g/mol. The van der Waals surface area contributed by atoms with Gasteiger partial charge in [-0.15, -0.1) is 5.06 Å². The van der Waals surface area contributed by atoms with Gasteiger partial charge in [0.15, 0.2) is 0 Å². The zero-order valence-corrected chi connectivity index (χ0v) is 60.5. The Hall–Kier alpha value is -3.03. The first-order chi connectivity index (χ1) is 48.8. The van der Waals surface area contributed by atoms with Crippen molar-refractivity contribution in [3.8, 4) is 0 Å². The second-order valence-corrected chi connectivity index (χ2v) is 24.0. The molecule has 0 unspecified atom stereocenters. The smallest absolute Gasteiger partial charge is 0.335 e. The molecule has 2 rings (SSSR count). The number of aromatic nitrogens is 1. The summed E-state index contributed by atoms with van der Waals surface area (Å²) in [4.78, 5) is 56.0. The van der Waals surface area contributed by atoms with Crippen LogP contribution in [0.2, 0.25) is 0 Å². The van der Waals surface area contributed by atoms with Gasteiger partial charge in [-0.25, -0.2) is 9.78 Å². The molecule has 1 aromatic heterocycles. The Morgan fingerprint density at radius 2 is 0.596 bits per heavy atom. The fraction of sp³-hybridized carbons (Fsp3) is 0.862. The summed E-state index contributed by atoms with van der Waals surface area (Å²) in [5, 5.41) is 4.35. The van der Waals surface area contributed by atoms with E-state index in [0.717, 1.165) is 5.03 Å². The maximum absolute atomic E-state index is 12.3. The number of nitrogens with one attached hydrogen (secondary N) is 1. The van der Waals surface area contributed by atoms with Crippen LogP contribution in [0.3, 0.4) is 0 Å². The Morgan fingerprint density at radius 3 is 0.828 bits per heavy atom. The molecule has 0 aliphatic carbocycles. The van der Waals surface area contributed by atoms with Crippen molar-refractivity contribution in [1.29, 1.82) is 0 Å². The van der Waals surface area contributed by atoms with Crippen molar-refractivity contribution in [2.45, 2.75) is 49.3 Å². The second kappa shape index (κ2) is 73.3. The third-order valence-electron chi connectivity index (χ3n) is 12.4. The van der Waals surface area contributed by atoms with Gasteiger partial charge < -0.3 is 124 Å². The van der Waals surface area contributed by atoms with Crippen LogP contribution < -0.4 is 5.32 Å². The molecule has 1 aliphatic rings. The van der Waals surface area contributed by atoms with E-state index >= 15 is 0 Å². The summed E-state index contributed by atoms with van der Waals surface area (Å²) < 4.78 is 132. The summed E-state index contributed by atoms with van der Waals surface area (Å²) in [5.41, 5.74) is 0. The minimum Gasteiger partial charge on any atom is -0.378 e. The molecule has 0 bridgehead atoms.